The van der Waals surface area contributed by atoms with Crippen LogP contribution in [0.15, 0.2) is 36.7 Å². The van der Waals surface area contributed by atoms with Crippen LogP contribution in [0.4, 0.5) is 19.0 Å². The zero-order valence-corrected chi connectivity index (χ0v) is 20.5. The molecule has 1 saturated heterocycles. The summed E-state index contributed by atoms with van der Waals surface area (Å²) in [6, 6.07) is 7.06. The first-order valence-electron chi connectivity index (χ1n) is 10.2. The first kappa shape index (κ1) is 27.6. The van der Waals surface area contributed by atoms with Crippen molar-refractivity contribution >= 4 is 56.3 Å². The van der Waals surface area contributed by atoms with Gasteiger partial charge in [-0.25, -0.2) is 18.4 Å². The fourth-order valence-electron chi connectivity index (χ4n) is 3.30. The van der Waals surface area contributed by atoms with E-state index in [9.17, 15) is 26.4 Å². The molecule has 194 valence electrons. The van der Waals surface area contributed by atoms with E-state index < -0.39 is 27.9 Å². The smallest absolute Gasteiger partial charge is 0.430 e. The van der Waals surface area contributed by atoms with Crippen LogP contribution < -0.4 is 15.3 Å². The van der Waals surface area contributed by atoms with Crippen molar-refractivity contribution in [3.63, 3.8) is 0 Å². The molecule has 36 heavy (non-hydrogen) atoms. The van der Waals surface area contributed by atoms with Crippen LogP contribution in [0.1, 0.15) is 16.3 Å². The van der Waals surface area contributed by atoms with Gasteiger partial charge in [-0.2, -0.15) is 13.2 Å². The normalized spacial score (nSPS) is 15.7. The largest absolute Gasteiger partial charge is 0.542 e. The number of aromatic nitrogens is 3. The van der Waals surface area contributed by atoms with Crippen molar-refractivity contribution in [3.05, 3.63) is 58.2 Å². The molecule has 0 spiro atoms. The number of sulfone groups is 1. The van der Waals surface area contributed by atoms with Gasteiger partial charge < -0.3 is 20.1 Å². The minimum Gasteiger partial charge on any atom is -0.542 e. The SMILES string of the molecule is O=C(Nc1ncc(Cl)cc1Cl)c1nc(C[NH+]2CCS(=O)(=O)CC2)c2ccccn12.O=C([O-])C(F)(F)F. The molecule has 4 heterocycles. The number of pyridine rings is 2. The highest BCUT2D eigenvalue weighted by Crippen LogP contribution is 2.23. The maximum absolute atomic E-state index is 12.8. The van der Waals surface area contributed by atoms with Crippen LogP contribution in [0.2, 0.25) is 10.0 Å². The number of imidazole rings is 1. The molecule has 1 aliphatic rings. The molecule has 0 radical (unpaired) electrons. The monoisotopic (exact) mass is 567 g/mol. The lowest BCUT2D eigenvalue weighted by Gasteiger charge is -2.22. The third-order valence-corrected chi connectivity index (χ3v) is 7.20. The maximum atomic E-state index is 12.8. The van der Waals surface area contributed by atoms with E-state index in [1.165, 1.54) is 12.3 Å². The van der Waals surface area contributed by atoms with Crippen molar-refractivity contribution in [2.24, 2.45) is 0 Å². The van der Waals surface area contributed by atoms with E-state index in [1.54, 1.807) is 10.6 Å². The highest BCUT2D eigenvalue weighted by atomic mass is 35.5. The number of carbonyl (C=O) groups is 2. The van der Waals surface area contributed by atoms with Gasteiger partial charge in [0.2, 0.25) is 5.82 Å². The summed E-state index contributed by atoms with van der Waals surface area (Å²) < 4.78 is 56.6. The van der Waals surface area contributed by atoms with Crippen LogP contribution in [0, 0.1) is 0 Å². The average Bonchev–Trinajstić information content (AvgIpc) is 3.15. The Morgan fingerprint density at radius 1 is 1.19 bits per heavy atom. The number of nitrogens with zero attached hydrogens (tertiary/aromatic N) is 3. The van der Waals surface area contributed by atoms with Crippen molar-refractivity contribution in [3.8, 4) is 0 Å². The number of carbonyl (C=O) groups excluding carboxylic acids is 2. The lowest BCUT2D eigenvalue weighted by Crippen LogP contribution is -3.13. The van der Waals surface area contributed by atoms with Crippen LogP contribution in [0.3, 0.4) is 0 Å². The summed E-state index contributed by atoms with van der Waals surface area (Å²) in [5.74, 6) is -2.72. The number of anilines is 1. The van der Waals surface area contributed by atoms with Gasteiger partial charge in [-0.1, -0.05) is 29.3 Å². The van der Waals surface area contributed by atoms with E-state index >= 15 is 0 Å². The minimum absolute atomic E-state index is 0.169. The Hall–Kier alpha value is -2.94. The number of amides is 1. The second kappa shape index (κ2) is 11.0. The molecule has 16 heteroatoms. The lowest BCUT2D eigenvalue weighted by atomic mass is 10.3. The van der Waals surface area contributed by atoms with Crippen molar-refractivity contribution in [1.29, 1.82) is 0 Å². The fourth-order valence-corrected chi connectivity index (χ4v) is 5.13. The number of rotatable bonds is 4. The Bertz CT molecular complexity index is 1380. The van der Waals surface area contributed by atoms with E-state index in [4.69, 9.17) is 33.1 Å². The Balaban J connectivity index is 0.000000454. The molecule has 0 saturated carbocycles. The van der Waals surface area contributed by atoms with E-state index in [0.29, 0.717) is 24.7 Å². The predicted molar refractivity (Wildman–Crippen MR) is 122 cm³/mol. The molecule has 0 aliphatic carbocycles. The van der Waals surface area contributed by atoms with Crippen LogP contribution in [0.5, 0.6) is 0 Å². The third kappa shape index (κ3) is 7.06. The number of hydrogen-bond donors (Lipinski definition) is 2. The van der Waals surface area contributed by atoms with Gasteiger partial charge >= 0.3 is 6.18 Å². The summed E-state index contributed by atoms with van der Waals surface area (Å²) in [7, 11) is -2.94. The molecule has 0 unspecified atom stereocenters. The van der Waals surface area contributed by atoms with Gasteiger partial charge in [-0.05, 0) is 18.2 Å². The van der Waals surface area contributed by atoms with Gasteiger partial charge in [0.15, 0.2) is 15.7 Å². The number of quaternary nitrogens is 1. The van der Waals surface area contributed by atoms with Gasteiger partial charge in [0.25, 0.3) is 5.91 Å². The van der Waals surface area contributed by atoms with E-state index in [1.807, 2.05) is 18.2 Å². The Kier molecular flexibility index (Phi) is 8.44. The Labute approximate surface area is 212 Å². The molecular weight excluding hydrogens is 550 g/mol. The average molecular weight is 568 g/mol. The molecule has 1 amide bonds. The number of alkyl halides is 3. The zero-order chi connectivity index (χ0) is 26.7. The molecule has 2 N–H and O–H groups in total. The van der Waals surface area contributed by atoms with Gasteiger partial charge in [-0.15, -0.1) is 0 Å². The topological polar surface area (TPSA) is 138 Å². The number of aliphatic carboxylic acids is 1. The summed E-state index contributed by atoms with van der Waals surface area (Å²) in [5.41, 5.74) is 1.54. The van der Waals surface area contributed by atoms with Crippen LogP contribution in [0.25, 0.3) is 5.52 Å². The van der Waals surface area contributed by atoms with Crippen LogP contribution in [-0.4, -0.2) is 65.4 Å². The van der Waals surface area contributed by atoms with Gasteiger partial charge in [0.05, 0.1) is 40.2 Å². The summed E-state index contributed by atoms with van der Waals surface area (Å²) in [4.78, 5) is 31.3. The quantitative estimate of drug-likeness (QED) is 0.465. The fraction of sp³-hybridized carbons (Fsp3) is 0.300. The van der Waals surface area contributed by atoms with Crippen LogP contribution in [-0.2, 0) is 21.2 Å². The molecule has 4 rings (SSSR count). The van der Waals surface area contributed by atoms with E-state index in [0.717, 1.165) is 16.1 Å². The molecule has 0 bridgehead atoms. The van der Waals surface area contributed by atoms with Gasteiger partial charge in [-0.3, -0.25) is 9.20 Å². The molecule has 10 nitrogen and oxygen atoms in total. The van der Waals surface area contributed by atoms with Gasteiger partial charge in [0.1, 0.15) is 18.2 Å². The number of hydrogen-bond acceptors (Lipinski definition) is 7. The van der Waals surface area contributed by atoms with Crippen LogP contribution >= 0.6 is 23.2 Å². The van der Waals surface area contributed by atoms with Gasteiger partial charge in [0, 0.05) is 12.4 Å². The molecule has 3 aromatic rings. The molecule has 1 aliphatic heterocycles. The Morgan fingerprint density at radius 3 is 2.42 bits per heavy atom. The summed E-state index contributed by atoms with van der Waals surface area (Å²) >= 11 is 11.9. The number of fused-ring (bicyclic) bond motifs is 1. The highest BCUT2D eigenvalue weighted by molar-refractivity contribution is 7.91. The highest BCUT2D eigenvalue weighted by Gasteiger charge is 2.29. The first-order valence-corrected chi connectivity index (χ1v) is 12.7. The third-order valence-electron chi connectivity index (χ3n) is 5.05. The van der Waals surface area contributed by atoms with Crippen molar-refractivity contribution in [1.82, 2.24) is 14.4 Å². The standard InChI is InChI=1S/C18H17Cl2N5O3S.C2HF3O2/c19-12-9-13(20)16(21-10-12)23-18(26)17-22-14(15-3-1-2-4-25(15)17)11-24-5-7-29(27,28)8-6-24;3-2(4,5)1(6)7/h1-4,9-10H,5-8,11H2,(H,21,23,26);(H,6,7). The first-order chi connectivity index (χ1) is 16.8. The molecular formula is C20H18Cl2F3N5O5S. The zero-order valence-electron chi connectivity index (χ0n) is 18.2. The molecule has 0 aromatic carbocycles. The lowest BCUT2D eigenvalue weighted by molar-refractivity contribution is -0.910. The number of carboxylic acid groups (broad SMARTS) is 1. The number of carboxylic acids is 1. The molecule has 3 aromatic heterocycles. The minimum atomic E-state index is -5.19. The molecule has 1 fully saturated rings. The van der Waals surface area contributed by atoms with Crippen molar-refractivity contribution in [2.45, 2.75) is 12.7 Å². The Morgan fingerprint density at radius 2 is 1.83 bits per heavy atom. The van der Waals surface area contributed by atoms with Crippen molar-refractivity contribution in [2.75, 3.05) is 29.9 Å². The number of halogens is 5. The second-order valence-corrected chi connectivity index (χ2v) is 10.8. The number of nitrogens with one attached hydrogen (secondary N) is 2. The maximum Gasteiger partial charge on any atom is 0.430 e. The summed E-state index contributed by atoms with van der Waals surface area (Å²) in [6.07, 6.45) is -2.04. The second-order valence-electron chi connectivity index (χ2n) is 7.64. The molecule has 0 atom stereocenters. The van der Waals surface area contributed by atoms with E-state index in [2.05, 4.69) is 15.3 Å². The van der Waals surface area contributed by atoms with E-state index in [-0.39, 0.29) is 28.2 Å². The summed E-state index contributed by atoms with van der Waals surface area (Å²) in [6.45, 7) is 1.59. The predicted octanol–water partition coefficient (Wildman–Crippen LogP) is 0.400. The summed E-state index contributed by atoms with van der Waals surface area (Å²) in [5, 5.41) is 12.0. The van der Waals surface area contributed by atoms with Crippen molar-refractivity contribution < 1.29 is 41.2 Å².